The minimum absolute atomic E-state index is 0. The van der Waals surface area contributed by atoms with Crippen molar-refractivity contribution >= 4 is 24.5 Å². The third kappa shape index (κ3) is 10.0. The van der Waals surface area contributed by atoms with Gasteiger partial charge in [0.2, 0.25) is 0 Å². The summed E-state index contributed by atoms with van der Waals surface area (Å²) in [5.41, 5.74) is 2.19. The molecule has 0 saturated carbocycles. The Labute approximate surface area is 63.5 Å². The number of carboxylic acid groups (broad SMARTS) is 1. The number of hydrazone groups is 1. The first-order chi connectivity index (χ1) is 4.27. The number of carbonyl (C=O) groups is 1. The van der Waals surface area contributed by atoms with E-state index >= 15 is 0 Å². The maximum Gasteiger partial charge on any atom is 0.305 e. The van der Waals surface area contributed by atoms with Crippen molar-refractivity contribution in [3.63, 3.8) is 0 Å². The van der Waals surface area contributed by atoms with Crippen LogP contribution in [0.3, 0.4) is 0 Å². The molecule has 0 aliphatic heterocycles. The second kappa shape index (κ2) is 7.94. The Morgan fingerprint density at radius 3 is 2.70 bits per heavy atom. The summed E-state index contributed by atoms with van der Waals surface area (Å²) in [6.45, 7) is 0.157. The molecule has 0 spiro atoms. The van der Waals surface area contributed by atoms with Gasteiger partial charge in [0, 0.05) is 6.54 Å². The summed E-state index contributed by atoms with van der Waals surface area (Å²) in [5.74, 6) is -0.927. The van der Waals surface area contributed by atoms with Gasteiger partial charge in [0.1, 0.15) is 0 Å². The molecule has 0 radical (unpaired) electrons. The van der Waals surface area contributed by atoms with E-state index in [0.717, 1.165) is 0 Å². The van der Waals surface area contributed by atoms with E-state index in [9.17, 15) is 9.59 Å². The summed E-state index contributed by atoms with van der Waals surface area (Å²) >= 11 is 0. The quantitative estimate of drug-likeness (QED) is 0.261. The number of carbonyl (C=O) groups excluding carboxylic acids is 1. The van der Waals surface area contributed by atoms with Crippen LogP contribution >= 0.6 is 12.4 Å². The standard InChI is InChI=1S/C4H6N2O3.ClH/c7-3-6-5-2-1-4(8)9;/h5H,1-2H2,(H,8,9);1H. The molecule has 0 unspecified atom stereocenters. The van der Waals surface area contributed by atoms with Crippen LogP contribution in [0.1, 0.15) is 6.42 Å². The van der Waals surface area contributed by atoms with Crippen LogP contribution in [0, 0.1) is 0 Å². The van der Waals surface area contributed by atoms with Gasteiger partial charge in [-0.25, -0.2) is 4.79 Å². The van der Waals surface area contributed by atoms with Crippen molar-refractivity contribution in [2.45, 2.75) is 6.42 Å². The van der Waals surface area contributed by atoms with E-state index in [1.54, 1.807) is 0 Å². The second-order valence-corrected chi connectivity index (χ2v) is 1.25. The number of isocyanates is 1. The monoisotopic (exact) mass is 166 g/mol. The number of aliphatic carboxylic acids is 1. The van der Waals surface area contributed by atoms with Crippen molar-refractivity contribution in [3.05, 3.63) is 0 Å². The first-order valence-corrected chi connectivity index (χ1v) is 2.29. The molecule has 0 fully saturated rings. The molecule has 2 N–H and O–H groups in total. The average Bonchev–Trinajstić information content (AvgIpc) is 1.80. The van der Waals surface area contributed by atoms with Gasteiger partial charge in [-0.3, -0.25) is 10.2 Å². The Bertz CT molecular complexity index is 141. The van der Waals surface area contributed by atoms with E-state index < -0.39 is 5.97 Å². The molecule has 0 heterocycles. The third-order valence-electron chi connectivity index (χ3n) is 0.575. The van der Waals surface area contributed by atoms with E-state index in [4.69, 9.17) is 5.11 Å². The van der Waals surface area contributed by atoms with E-state index in [-0.39, 0.29) is 25.4 Å². The molecule has 0 aromatic carbocycles. The molecule has 0 saturated heterocycles. The normalized spacial score (nSPS) is 6.80. The molecule has 0 amide bonds. The van der Waals surface area contributed by atoms with Crippen LogP contribution < -0.4 is 5.43 Å². The number of halogens is 1. The number of hydrogen-bond donors (Lipinski definition) is 2. The molecule has 0 atom stereocenters. The van der Waals surface area contributed by atoms with Crippen molar-refractivity contribution in [1.29, 1.82) is 0 Å². The fourth-order valence-electron chi connectivity index (χ4n) is 0.251. The Kier molecular flexibility index (Phi) is 9.29. The fraction of sp³-hybridized carbons (Fsp3) is 0.500. The maximum absolute atomic E-state index is 9.78. The molecule has 0 aliphatic carbocycles. The summed E-state index contributed by atoms with van der Waals surface area (Å²) in [4.78, 5) is 19.1. The number of nitrogens with one attached hydrogen (secondary N) is 1. The van der Waals surface area contributed by atoms with Crippen LogP contribution in [0.4, 0.5) is 0 Å². The Morgan fingerprint density at radius 1 is 1.70 bits per heavy atom. The van der Waals surface area contributed by atoms with Gasteiger partial charge in [-0.15, -0.1) is 12.4 Å². The average molecular weight is 167 g/mol. The number of rotatable bonds is 4. The minimum Gasteiger partial charge on any atom is -0.481 e. The highest BCUT2D eigenvalue weighted by Gasteiger charge is 1.92. The van der Waals surface area contributed by atoms with Gasteiger partial charge in [-0.05, 0) is 0 Å². The summed E-state index contributed by atoms with van der Waals surface area (Å²) in [7, 11) is 0. The van der Waals surface area contributed by atoms with Gasteiger partial charge in [-0.1, -0.05) is 5.10 Å². The highest BCUT2D eigenvalue weighted by atomic mass is 35.5. The van der Waals surface area contributed by atoms with Gasteiger partial charge >= 0.3 is 5.97 Å². The summed E-state index contributed by atoms with van der Waals surface area (Å²) < 4.78 is 0. The maximum atomic E-state index is 9.78. The van der Waals surface area contributed by atoms with Crippen molar-refractivity contribution in [3.8, 4) is 0 Å². The smallest absolute Gasteiger partial charge is 0.305 e. The van der Waals surface area contributed by atoms with Crippen molar-refractivity contribution < 1.29 is 14.7 Å². The zero-order valence-corrected chi connectivity index (χ0v) is 5.85. The SMILES string of the molecule is Cl.O=C=NNCCC(=O)O. The molecule has 6 heteroatoms. The Balaban J connectivity index is 0. The molecular weight excluding hydrogens is 160 g/mol. The van der Waals surface area contributed by atoms with Crippen LogP contribution in [-0.4, -0.2) is 23.7 Å². The first kappa shape index (κ1) is 11.7. The number of nitrogens with zero attached hydrogens (tertiary/aromatic N) is 1. The van der Waals surface area contributed by atoms with E-state index in [2.05, 4.69) is 10.5 Å². The third-order valence-corrected chi connectivity index (χ3v) is 0.575. The summed E-state index contributed by atoms with van der Waals surface area (Å²) in [5, 5.41) is 11.0. The molecular formula is C4H7ClN2O3. The minimum atomic E-state index is -0.927. The van der Waals surface area contributed by atoms with Crippen LogP contribution in [0.15, 0.2) is 5.10 Å². The van der Waals surface area contributed by atoms with Gasteiger partial charge in [-0.2, -0.15) is 0 Å². The zero-order valence-electron chi connectivity index (χ0n) is 5.03. The lowest BCUT2D eigenvalue weighted by Crippen LogP contribution is -2.11. The lowest BCUT2D eigenvalue weighted by Gasteiger charge is -1.90. The van der Waals surface area contributed by atoms with Crippen LogP contribution in [0.25, 0.3) is 0 Å². The highest BCUT2D eigenvalue weighted by molar-refractivity contribution is 5.85. The lowest BCUT2D eigenvalue weighted by molar-refractivity contribution is -0.136. The zero-order chi connectivity index (χ0) is 7.11. The van der Waals surface area contributed by atoms with E-state index in [1.807, 2.05) is 0 Å². The predicted molar refractivity (Wildman–Crippen MR) is 35.6 cm³/mol. The van der Waals surface area contributed by atoms with Gasteiger partial charge in [0.15, 0.2) is 0 Å². The fourth-order valence-corrected chi connectivity index (χ4v) is 0.251. The van der Waals surface area contributed by atoms with Crippen molar-refractivity contribution in [1.82, 2.24) is 5.43 Å². The molecule has 0 aliphatic rings. The molecule has 0 aromatic heterocycles. The Hall–Kier alpha value is -1.06. The van der Waals surface area contributed by atoms with Gasteiger partial charge in [0.25, 0.3) is 6.08 Å². The lowest BCUT2D eigenvalue weighted by atomic mass is 10.4. The predicted octanol–water partition coefficient (Wildman–Crippen LogP) is -0.277. The molecule has 0 aromatic rings. The van der Waals surface area contributed by atoms with Crippen molar-refractivity contribution in [2.75, 3.05) is 6.54 Å². The molecule has 10 heavy (non-hydrogen) atoms. The first-order valence-electron chi connectivity index (χ1n) is 2.29. The Morgan fingerprint density at radius 2 is 2.30 bits per heavy atom. The van der Waals surface area contributed by atoms with Crippen LogP contribution in [-0.2, 0) is 9.59 Å². The molecule has 0 rings (SSSR count). The van der Waals surface area contributed by atoms with Gasteiger partial charge in [0.05, 0.1) is 6.42 Å². The largest absolute Gasteiger partial charge is 0.481 e. The topological polar surface area (TPSA) is 78.8 Å². The highest BCUT2D eigenvalue weighted by Crippen LogP contribution is 1.72. The second-order valence-electron chi connectivity index (χ2n) is 1.25. The number of carboxylic acids is 1. The summed E-state index contributed by atoms with van der Waals surface area (Å²) in [6, 6.07) is 0. The van der Waals surface area contributed by atoms with E-state index in [1.165, 1.54) is 6.08 Å². The number of hydrogen-bond acceptors (Lipinski definition) is 4. The van der Waals surface area contributed by atoms with E-state index in [0.29, 0.717) is 0 Å². The van der Waals surface area contributed by atoms with Crippen molar-refractivity contribution in [2.24, 2.45) is 5.10 Å². The molecule has 0 bridgehead atoms. The van der Waals surface area contributed by atoms with Gasteiger partial charge < -0.3 is 5.11 Å². The van der Waals surface area contributed by atoms with Crippen LogP contribution in [0.2, 0.25) is 0 Å². The molecule has 5 nitrogen and oxygen atoms in total. The summed E-state index contributed by atoms with van der Waals surface area (Å²) in [6.07, 6.45) is 1.16. The molecule has 58 valence electrons. The van der Waals surface area contributed by atoms with Crippen LogP contribution in [0.5, 0.6) is 0 Å².